The lowest BCUT2D eigenvalue weighted by Gasteiger charge is -2.33. The van der Waals surface area contributed by atoms with Crippen LogP contribution < -0.4 is 5.32 Å². The molecule has 0 bridgehead atoms. The molecule has 0 saturated carbocycles. The minimum absolute atomic E-state index is 0.106. The number of hydrogen-bond acceptors (Lipinski definition) is 3. The minimum Gasteiger partial charge on any atom is -0.481 e. The van der Waals surface area contributed by atoms with Crippen LogP contribution in [-0.4, -0.2) is 34.2 Å². The summed E-state index contributed by atoms with van der Waals surface area (Å²) in [5.41, 5.74) is 0.217. The maximum atomic E-state index is 11.3. The summed E-state index contributed by atoms with van der Waals surface area (Å²) in [5.74, 6) is -2.30. The largest absolute Gasteiger partial charge is 0.481 e. The summed E-state index contributed by atoms with van der Waals surface area (Å²) in [6.45, 7) is 2.87. The molecule has 100 valence electrons. The van der Waals surface area contributed by atoms with Crippen molar-refractivity contribution in [2.45, 2.75) is 38.1 Å². The van der Waals surface area contributed by atoms with Gasteiger partial charge in [0, 0.05) is 17.7 Å². The third-order valence-electron chi connectivity index (χ3n) is 4.17. The van der Waals surface area contributed by atoms with Crippen molar-refractivity contribution >= 4 is 11.9 Å². The zero-order valence-corrected chi connectivity index (χ0v) is 10.5. The number of nitrogens with one attached hydrogen (secondary N) is 1. The highest BCUT2D eigenvalue weighted by Crippen LogP contribution is 2.44. The molecular formula is C13H19NO4. The molecule has 1 aliphatic carbocycles. The molecule has 1 heterocycles. The quantitative estimate of drug-likeness (QED) is 0.641. The van der Waals surface area contributed by atoms with Crippen LogP contribution in [0.4, 0.5) is 0 Å². The fourth-order valence-electron chi connectivity index (χ4n) is 3.11. The van der Waals surface area contributed by atoms with E-state index < -0.39 is 17.9 Å². The van der Waals surface area contributed by atoms with Crippen molar-refractivity contribution < 1.29 is 19.8 Å². The van der Waals surface area contributed by atoms with Gasteiger partial charge in [-0.3, -0.25) is 4.79 Å². The molecule has 1 aliphatic heterocycles. The zero-order chi connectivity index (χ0) is 13.3. The first-order chi connectivity index (χ1) is 8.50. The van der Waals surface area contributed by atoms with Crippen molar-refractivity contribution in [2.75, 3.05) is 6.54 Å². The van der Waals surface area contributed by atoms with Crippen LogP contribution in [0.2, 0.25) is 0 Å². The third-order valence-corrected chi connectivity index (χ3v) is 4.17. The van der Waals surface area contributed by atoms with Gasteiger partial charge in [0.1, 0.15) is 0 Å². The van der Waals surface area contributed by atoms with E-state index in [1.165, 1.54) is 0 Å². The Morgan fingerprint density at radius 1 is 1.50 bits per heavy atom. The van der Waals surface area contributed by atoms with Crippen LogP contribution in [0.15, 0.2) is 11.6 Å². The minimum atomic E-state index is -0.920. The molecule has 0 aromatic heterocycles. The van der Waals surface area contributed by atoms with Crippen molar-refractivity contribution in [3.05, 3.63) is 11.6 Å². The molecule has 0 spiro atoms. The maximum Gasteiger partial charge on any atom is 0.331 e. The van der Waals surface area contributed by atoms with Crippen LogP contribution in [-0.2, 0) is 9.59 Å². The average Bonchev–Trinajstić information content (AvgIpc) is 3.09. The van der Waals surface area contributed by atoms with Gasteiger partial charge in [0.05, 0.1) is 5.92 Å². The first-order valence-corrected chi connectivity index (χ1v) is 6.40. The van der Waals surface area contributed by atoms with E-state index in [9.17, 15) is 14.7 Å². The lowest BCUT2D eigenvalue weighted by atomic mass is 9.70. The van der Waals surface area contributed by atoms with Gasteiger partial charge in [-0.2, -0.15) is 0 Å². The average molecular weight is 253 g/mol. The molecule has 0 radical (unpaired) electrons. The van der Waals surface area contributed by atoms with Crippen LogP contribution in [0, 0.1) is 11.8 Å². The second kappa shape index (κ2) is 4.72. The summed E-state index contributed by atoms with van der Waals surface area (Å²) >= 11 is 0. The normalized spacial score (nSPS) is 34.8. The standard InChI is InChI=1S/C13H19NO4/c1-2-5-13(7-14-13)10-6-8(11(15)16)3-4-9(10)12(17)18/h3,9-10,14H,2,4-7H2,1H3,(H,15,16)(H,17,18). The molecule has 0 aromatic carbocycles. The van der Waals surface area contributed by atoms with E-state index in [-0.39, 0.29) is 11.5 Å². The SMILES string of the molecule is CCCC1(C2CC(C(=O)O)=CCC2C(=O)O)CN1. The van der Waals surface area contributed by atoms with Gasteiger partial charge in [-0.25, -0.2) is 4.79 Å². The topological polar surface area (TPSA) is 96.5 Å². The van der Waals surface area contributed by atoms with Gasteiger partial charge < -0.3 is 15.5 Å². The van der Waals surface area contributed by atoms with E-state index in [0.29, 0.717) is 18.4 Å². The van der Waals surface area contributed by atoms with Crippen LogP contribution >= 0.6 is 0 Å². The fraction of sp³-hybridized carbons (Fsp3) is 0.692. The Hall–Kier alpha value is -1.36. The second-order valence-electron chi connectivity index (χ2n) is 5.29. The molecule has 2 rings (SSSR count). The van der Waals surface area contributed by atoms with Crippen LogP contribution in [0.1, 0.15) is 32.6 Å². The number of carbonyl (C=O) groups is 2. The Balaban J connectivity index is 2.22. The summed E-state index contributed by atoms with van der Waals surface area (Å²) in [5, 5.41) is 21.6. The van der Waals surface area contributed by atoms with Gasteiger partial charge in [0.2, 0.25) is 0 Å². The molecular weight excluding hydrogens is 234 g/mol. The number of rotatable bonds is 5. The monoisotopic (exact) mass is 253 g/mol. The second-order valence-corrected chi connectivity index (χ2v) is 5.29. The van der Waals surface area contributed by atoms with Crippen LogP contribution in [0.3, 0.4) is 0 Å². The molecule has 3 atom stereocenters. The summed E-state index contributed by atoms with van der Waals surface area (Å²) in [7, 11) is 0. The van der Waals surface area contributed by atoms with E-state index in [2.05, 4.69) is 12.2 Å². The summed E-state index contributed by atoms with van der Waals surface area (Å²) in [4.78, 5) is 22.4. The van der Waals surface area contributed by atoms with E-state index in [1.54, 1.807) is 6.08 Å². The first kappa shape index (κ1) is 13.1. The third kappa shape index (κ3) is 2.27. The zero-order valence-electron chi connectivity index (χ0n) is 10.5. The molecule has 3 unspecified atom stereocenters. The Morgan fingerprint density at radius 3 is 2.61 bits per heavy atom. The van der Waals surface area contributed by atoms with Crippen LogP contribution in [0.25, 0.3) is 0 Å². The van der Waals surface area contributed by atoms with Gasteiger partial charge in [-0.1, -0.05) is 19.4 Å². The highest BCUT2D eigenvalue weighted by molar-refractivity contribution is 5.87. The van der Waals surface area contributed by atoms with Gasteiger partial charge in [0.15, 0.2) is 0 Å². The number of aliphatic carboxylic acids is 2. The summed E-state index contributed by atoms with van der Waals surface area (Å²) in [6.07, 6.45) is 4.14. The Morgan fingerprint density at radius 2 is 2.17 bits per heavy atom. The first-order valence-electron chi connectivity index (χ1n) is 6.40. The summed E-state index contributed by atoms with van der Waals surface area (Å²) in [6, 6.07) is 0. The Kier molecular flexibility index (Phi) is 3.43. The van der Waals surface area contributed by atoms with E-state index in [4.69, 9.17) is 5.11 Å². The molecule has 1 saturated heterocycles. The Bertz CT molecular complexity index is 398. The summed E-state index contributed by atoms with van der Waals surface area (Å²) < 4.78 is 0. The molecule has 0 amide bonds. The number of hydrogen-bond donors (Lipinski definition) is 3. The predicted molar refractivity (Wildman–Crippen MR) is 65.2 cm³/mol. The number of carboxylic acids is 2. The van der Waals surface area contributed by atoms with Gasteiger partial charge >= 0.3 is 11.9 Å². The van der Waals surface area contributed by atoms with Crippen molar-refractivity contribution in [2.24, 2.45) is 11.8 Å². The van der Waals surface area contributed by atoms with Crippen molar-refractivity contribution in [3.8, 4) is 0 Å². The molecule has 2 aliphatic rings. The lowest BCUT2D eigenvalue weighted by Crippen LogP contribution is -2.40. The highest BCUT2D eigenvalue weighted by atomic mass is 16.4. The van der Waals surface area contributed by atoms with Gasteiger partial charge in [-0.05, 0) is 25.2 Å². The van der Waals surface area contributed by atoms with Gasteiger partial charge in [0.25, 0.3) is 0 Å². The predicted octanol–water partition coefficient (Wildman–Crippen LogP) is 1.25. The molecule has 0 aromatic rings. The molecule has 3 N–H and O–H groups in total. The van der Waals surface area contributed by atoms with Crippen molar-refractivity contribution in [1.82, 2.24) is 5.32 Å². The molecule has 18 heavy (non-hydrogen) atoms. The van der Waals surface area contributed by atoms with E-state index >= 15 is 0 Å². The number of carboxylic acid groups (broad SMARTS) is 2. The molecule has 5 heteroatoms. The Labute approximate surface area is 106 Å². The van der Waals surface area contributed by atoms with Crippen molar-refractivity contribution in [1.29, 1.82) is 0 Å². The van der Waals surface area contributed by atoms with Crippen molar-refractivity contribution in [3.63, 3.8) is 0 Å². The highest BCUT2D eigenvalue weighted by Gasteiger charge is 2.53. The molecule has 5 nitrogen and oxygen atoms in total. The van der Waals surface area contributed by atoms with Crippen LogP contribution in [0.5, 0.6) is 0 Å². The van der Waals surface area contributed by atoms with E-state index in [0.717, 1.165) is 19.4 Å². The fourth-order valence-corrected chi connectivity index (χ4v) is 3.11. The van der Waals surface area contributed by atoms with Gasteiger partial charge in [-0.15, -0.1) is 0 Å². The number of allylic oxidation sites excluding steroid dienone is 1. The molecule has 1 fully saturated rings. The maximum absolute atomic E-state index is 11.3. The lowest BCUT2D eigenvalue weighted by molar-refractivity contribution is -0.145. The smallest absolute Gasteiger partial charge is 0.331 e. The van der Waals surface area contributed by atoms with E-state index in [1.807, 2.05) is 0 Å².